The van der Waals surface area contributed by atoms with Crippen molar-refractivity contribution in [3.8, 4) is 0 Å². The molecular weight excluding hydrogens is 515 g/mol. The van der Waals surface area contributed by atoms with Crippen molar-refractivity contribution in [1.29, 1.82) is 0 Å². The van der Waals surface area contributed by atoms with Gasteiger partial charge in [0.1, 0.15) is 17.1 Å². The van der Waals surface area contributed by atoms with E-state index in [0.717, 1.165) is 19.0 Å². The number of carbonyl (C=O) groups is 1. The van der Waals surface area contributed by atoms with Crippen LogP contribution in [0.4, 0.5) is 0 Å². The van der Waals surface area contributed by atoms with Gasteiger partial charge in [0.25, 0.3) is 0 Å². The van der Waals surface area contributed by atoms with Crippen molar-refractivity contribution in [2.45, 2.75) is 32.4 Å². The van der Waals surface area contributed by atoms with E-state index in [1.165, 1.54) is 24.8 Å². The van der Waals surface area contributed by atoms with Crippen molar-refractivity contribution in [2.75, 3.05) is 34.3 Å². The fraction of sp³-hybridized carbons (Fsp3) is 0.524. The summed E-state index contributed by atoms with van der Waals surface area (Å²) in [6, 6.07) is 6.51. The average molecular weight is 546 g/mol. The maximum atomic E-state index is 11.7. The molecule has 0 aromatic carbocycles. The van der Waals surface area contributed by atoms with Crippen LogP contribution in [0.3, 0.4) is 0 Å². The molecule has 2 aromatic heterocycles. The Morgan fingerprint density at radius 2 is 2.23 bits per heavy atom. The van der Waals surface area contributed by atoms with Crippen LogP contribution in [0.5, 0.6) is 0 Å². The standard InChI is InChI=1S/C21H30N4O3S.HI/c1-14-17(20(26)27-4)11-16(28-14)13-24-21(22-2)23-12-15-7-5-9-25(3)19(15)18-8-6-10-29-18;/h6,8,10-11,15,19H,5,7,9,12-13H2,1-4H3,(H2,22,23,24);1H. The Morgan fingerprint density at radius 3 is 2.90 bits per heavy atom. The van der Waals surface area contributed by atoms with Crippen LogP contribution in [0, 0.1) is 12.8 Å². The van der Waals surface area contributed by atoms with Crippen molar-refractivity contribution >= 4 is 47.2 Å². The number of nitrogens with one attached hydrogen (secondary N) is 2. The zero-order valence-corrected chi connectivity index (χ0v) is 21.1. The van der Waals surface area contributed by atoms with Crippen LogP contribution >= 0.6 is 35.3 Å². The maximum Gasteiger partial charge on any atom is 0.341 e. The third-order valence-electron chi connectivity index (χ3n) is 5.40. The van der Waals surface area contributed by atoms with E-state index in [9.17, 15) is 4.79 Å². The molecule has 1 aliphatic heterocycles. The molecule has 0 spiro atoms. The minimum Gasteiger partial charge on any atom is -0.465 e. The molecule has 0 aliphatic carbocycles. The molecule has 30 heavy (non-hydrogen) atoms. The summed E-state index contributed by atoms with van der Waals surface area (Å²) in [4.78, 5) is 19.9. The van der Waals surface area contributed by atoms with Crippen LogP contribution in [0.1, 0.15) is 45.6 Å². The van der Waals surface area contributed by atoms with Gasteiger partial charge < -0.3 is 19.8 Å². The normalized spacial score (nSPS) is 19.8. The van der Waals surface area contributed by atoms with E-state index in [-0.39, 0.29) is 29.9 Å². The van der Waals surface area contributed by atoms with Crippen molar-refractivity contribution in [2.24, 2.45) is 10.9 Å². The molecule has 0 radical (unpaired) electrons. The summed E-state index contributed by atoms with van der Waals surface area (Å²) in [6.07, 6.45) is 2.40. The number of guanidine groups is 1. The van der Waals surface area contributed by atoms with E-state index in [1.807, 2.05) is 11.3 Å². The number of hydrogen-bond acceptors (Lipinski definition) is 6. The quantitative estimate of drug-likeness (QED) is 0.249. The third-order valence-corrected chi connectivity index (χ3v) is 6.34. The van der Waals surface area contributed by atoms with Crippen LogP contribution in [0.2, 0.25) is 0 Å². The van der Waals surface area contributed by atoms with E-state index in [0.29, 0.717) is 35.6 Å². The van der Waals surface area contributed by atoms with Gasteiger partial charge >= 0.3 is 5.97 Å². The van der Waals surface area contributed by atoms with Crippen LogP contribution in [-0.2, 0) is 11.3 Å². The highest BCUT2D eigenvalue weighted by Crippen LogP contribution is 2.36. The molecule has 0 amide bonds. The van der Waals surface area contributed by atoms with Gasteiger partial charge in [-0.15, -0.1) is 35.3 Å². The van der Waals surface area contributed by atoms with Gasteiger partial charge in [-0.25, -0.2) is 4.79 Å². The monoisotopic (exact) mass is 546 g/mol. The van der Waals surface area contributed by atoms with Gasteiger partial charge in [0.2, 0.25) is 0 Å². The Hall–Kier alpha value is -1.59. The van der Waals surface area contributed by atoms with Gasteiger partial charge in [-0.3, -0.25) is 9.89 Å². The van der Waals surface area contributed by atoms with Crippen molar-refractivity contribution in [3.63, 3.8) is 0 Å². The number of piperidine rings is 1. The van der Waals surface area contributed by atoms with Crippen LogP contribution < -0.4 is 10.6 Å². The van der Waals surface area contributed by atoms with Crippen LogP contribution in [0.15, 0.2) is 33.0 Å². The number of methoxy groups -OCH3 is 1. The molecule has 9 heteroatoms. The molecule has 166 valence electrons. The number of aliphatic imine (C=N–C) groups is 1. The number of furan rings is 1. The first-order valence-corrected chi connectivity index (χ1v) is 10.8. The molecule has 1 saturated heterocycles. The Kier molecular flexibility index (Phi) is 9.63. The lowest BCUT2D eigenvalue weighted by molar-refractivity contribution is 0.0599. The molecule has 3 rings (SSSR count). The summed E-state index contributed by atoms with van der Waals surface area (Å²) in [5.74, 6) is 2.07. The van der Waals surface area contributed by atoms with E-state index >= 15 is 0 Å². The number of carbonyl (C=O) groups excluding carboxylic acids is 1. The molecule has 3 heterocycles. The minimum atomic E-state index is -0.388. The van der Waals surface area contributed by atoms with Gasteiger partial charge in [-0.2, -0.15) is 0 Å². The fourth-order valence-electron chi connectivity index (χ4n) is 3.95. The topological polar surface area (TPSA) is 79.1 Å². The number of aryl methyl sites for hydroxylation is 1. The number of esters is 1. The molecule has 7 nitrogen and oxygen atoms in total. The number of likely N-dealkylation sites (tertiary alicyclic amines) is 1. The summed E-state index contributed by atoms with van der Waals surface area (Å²) in [5, 5.41) is 8.88. The highest BCUT2D eigenvalue weighted by Gasteiger charge is 2.31. The Labute approximate surface area is 199 Å². The first-order chi connectivity index (χ1) is 14.0. The van der Waals surface area contributed by atoms with Gasteiger partial charge in [0.15, 0.2) is 5.96 Å². The highest BCUT2D eigenvalue weighted by atomic mass is 127. The van der Waals surface area contributed by atoms with Gasteiger partial charge in [0.05, 0.1) is 13.7 Å². The largest absolute Gasteiger partial charge is 0.465 e. The van der Waals surface area contributed by atoms with Crippen LogP contribution in [0.25, 0.3) is 0 Å². The second-order valence-corrected chi connectivity index (χ2v) is 8.30. The molecule has 2 aromatic rings. The molecule has 2 atom stereocenters. The summed E-state index contributed by atoms with van der Waals surface area (Å²) >= 11 is 1.83. The van der Waals surface area contributed by atoms with Crippen molar-refractivity contribution < 1.29 is 13.9 Å². The minimum absolute atomic E-state index is 0. The Bertz CT molecular complexity index is 837. The Balaban J connectivity index is 0.00000320. The maximum absolute atomic E-state index is 11.7. The number of hydrogen-bond donors (Lipinski definition) is 2. The van der Waals surface area contributed by atoms with Crippen molar-refractivity contribution in [1.82, 2.24) is 15.5 Å². The van der Waals surface area contributed by atoms with Gasteiger partial charge in [-0.05, 0) is 56.8 Å². The van der Waals surface area contributed by atoms with E-state index in [1.54, 1.807) is 20.0 Å². The number of thiophene rings is 1. The van der Waals surface area contributed by atoms with Gasteiger partial charge in [0, 0.05) is 24.5 Å². The summed E-state index contributed by atoms with van der Waals surface area (Å²) in [5.41, 5.74) is 0.455. The molecule has 2 unspecified atom stereocenters. The van der Waals surface area contributed by atoms with Crippen LogP contribution in [-0.4, -0.2) is 51.1 Å². The zero-order chi connectivity index (χ0) is 20.8. The number of ether oxygens (including phenoxy) is 1. The van der Waals surface area contributed by atoms with Gasteiger partial charge in [-0.1, -0.05) is 6.07 Å². The first kappa shape index (κ1) is 24.7. The second kappa shape index (κ2) is 11.7. The SMILES string of the molecule is CN=C(NCc1cc(C(=O)OC)c(C)o1)NCC1CCCN(C)C1c1cccs1.I. The predicted octanol–water partition coefficient (Wildman–Crippen LogP) is 3.80. The lowest BCUT2D eigenvalue weighted by Gasteiger charge is -2.39. The molecule has 0 saturated carbocycles. The van der Waals surface area contributed by atoms with E-state index in [2.05, 4.69) is 45.1 Å². The number of rotatable bonds is 6. The molecular formula is C21H31IN4O3S. The Morgan fingerprint density at radius 1 is 1.43 bits per heavy atom. The second-order valence-electron chi connectivity index (χ2n) is 7.32. The molecule has 0 bridgehead atoms. The predicted molar refractivity (Wildman–Crippen MR) is 131 cm³/mol. The smallest absolute Gasteiger partial charge is 0.341 e. The van der Waals surface area contributed by atoms with Crippen molar-refractivity contribution in [3.05, 3.63) is 45.5 Å². The van der Waals surface area contributed by atoms with E-state index in [4.69, 9.17) is 9.15 Å². The zero-order valence-electron chi connectivity index (χ0n) is 17.9. The number of nitrogens with zero attached hydrogens (tertiary/aromatic N) is 2. The lowest BCUT2D eigenvalue weighted by atomic mass is 9.88. The van der Waals surface area contributed by atoms with E-state index < -0.39 is 0 Å². The fourth-order valence-corrected chi connectivity index (χ4v) is 4.93. The molecule has 1 fully saturated rings. The molecule has 1 aliphatic rings. The lowest BCUT2D eigenvalue weighted by Crippen LogP contribution is -2.44. The average Bonchev–Trinajstić information content (AvgIpc) is 3.37. The highest BCUT2D eigenvalue weighted by molar-refractivity contribution is 14.0. The third kappa shape index (κ3) is 5.98. The summed E-state index contributed by atoms with van der Waals surface area (Å²) in [7, 11) is 5.33. The summed E-state index contributed by atoms with van der Waals surface area (Å²) < 4.78 is 10.4. The summed E-state index contributed by atoms with van der Waals surface area (Å²) in [6.45, 7) is 4.17. The number of halogens is 1. The molecule has 2 N–H and O–H groups in total. The first-order valence-electron chi connectivity index (χ1n) is 9.89.